The highest BCUT2D eigenvalue weighted by Gasteiger charge is 2.04. The van der Waals surface area contributed by atoms with Crippen LogP contribution in [0.15, 0.2) is 114 Å². The van der Waals surface area contributed by atoms with Gasteiger partial charge in [-0.25, -0.2) is 0 Å². The van der Waals surface area contributed by atoms with Crippen molar-refractivity contribution in [3.8, 4) is 17.2 Å². The summed E-state index contributed by atoms with van der Waals surface area (Å²) in [6.07, 6.45) is 0. The number of benzene rings is 4. The van der Waals surface area contributed by atoms with Gasteiger partial charge < -0.3 is 9.84 Å². The number of phenolic OH excluding ortho intramolecular Hbond substituents is 1. The third-order valence-corrected chi connectivity index (χ3v) is 4.35. The zero-order valence-electron chi connectivity index (χ0n) is 21.2. The Bertz CT molecular complexity index is 1140. The van der Waals surface area contributed by atoms with Crippen LogP contribution >= 0.6 is 15.9 Å². The molecule has 0 aliphatic carbocycles. The largest absolute Gasteiger partial charge is 0.508 e. The molecule has 9 heteroatoms. The fourth-order valence-electron chi connectivity index (χ4n) is 2.25. The number of hydrogen-bond donors (Lipinski definition) is 1. The number of non-ortho nitro benzene ring substituents is 2. The summed E-state index contributed by atoms with van der Waals surface area (Å²) in [6.45, 7) is 8.00. The monoisotopic (exact) mass is 570 g/mol. The van der Waals surface area contributed by atoms with Crippen molar-refractivity contribution in [3.05, 3.63) is 134 Å². The number of halogens is 1. The van der Waals surface area contributed by atoms with E-state index in [1.807, 2.05) is 64.1 Å². The van der Waals surface area contributed by atoms with E-state index >= 15 is 0 Å². The molecule has 37 heavy (non-hydrogen) atoms. The second-order valence-electron chi connectivity index (χ2n) is 6.24. The highest BCUT2D eigenvalue weighted by molar-refractivity contribution is 9.10. The van der Waals surface area contributed by atoms with Gasteiger partial charge >= 0.3 is 0 Å². The number of nitro benzene ring substituents is 2. The Balaban J connectivity index is 0.000000529. The van der Waals surface area contributed by atoms with Crippen LogP contribution < -0.4 is 4.74 Å². The van der Waals surface area contributed by atoms with Crippen molar-refractivity contribution in [2.24, 2.45) is 0 Å². The summed E-state index contributed by atoms with van der Waals surface area (Å²) in [5, 5.41) is 29.2. The molecule has 1 N–H and O–H groups in total. The second kappa shape index (κ2) is 20.0. The van der Waals surface area contributed by atoms with Gasteiger partial charge in [-0.15, -0.1) is 0 Å². The highest BCUT2D eigenvalue weighted by Crippen LogP contribution is 2.23. The zero-order valence-corrected chi connectivity index (χ0v) is 22.7. The Morgan fingerprint density at radius 3 is 1.30 bits per heavy atom. The summed E-state index contributed by atoms with van der Waals surface area (Å²) in [5.41, 5.74) is 0.170. The van der Waals surface area contributed by atoms with Crippen LogP contribution in [0.25, 0.3) is 0 Å². The van der Waals surface area contributed by atoms with Gasteiger partial charge in [0.25, 0.3) is 11.4 Å². The number of ether oxygens (including phenoxy) is 1. The molecule has 0 aliphatic rings. The van der Waals surface area contributed by atoms with E-state index in [1.54, 1.807) is 48.5 Å². The van der Waals surface area contributed by atoms with Gasteiger partial charge in [-0.1, -0.05) is 80.0 Å². The first kappa shape index (κ1) is 32.8. The van der Waals surface area contributed by atoms with Crippen molar-refractivity contribution in [3.63, 3.8) is 0 Å². The second-order valence-corrected chi connectivity index (χ2v) is 7.15. The first-order valence-electron chi connectivity index (χ1n) is 11.5. The van der Waals surface area contributed by atoms with E-state index < -0.39 is 9.85 Å². The van der Waals surface area contributed by atoms with Gasteiger partial charge in [0.15, 0.2) is 0 Å². The van der Waals surface area contributed by atoms with Crippen LogP contribution in [-0.2, 0) is 0 Å². The van der Waals surface area contributed by atoms with Crippen LogP contribution in [0.2, 0.25) is 0 Å². The lowest BCUT2D eigenvalue weighted by molar-refractivity contribution is -0.385. The minimum Gasteiger partial charge on any atom is -0.508 e. The van der Waals surface area contributed by atoms with E-state index in [0.717, 1.165) is 4.47 Å². The summed E-state index contributed by atoms with van der Waals surface area (Å²) in [7, 11) is 0. The van der Waals surface area contributed by atoms with Crippen molar-refractivity contribution >= 4 is 27.3 Å². The van der Waals surface area contributed by atoms with Gasteiger partial charge in [0.05, 0.1) is 9.85 Å². The van der Waals surface area contributed by atoms with E-state index in [2.05, 4.69) is 15.9 Å². The van der Waals surface area contributed by atoms with Crippen LogP contribution in [0, 0.1) is 20.2 Å². The molecule has 4 rings (SSSR count). The van der Waals surface area contributed by atoms with Gasteiger partial charge in [-0.05, 0) is 48.5 Å². The molecule has 0 spiro atoms. The number of nitrogens with zero attached hydrogens (tertiary/aromatic N) is 2. The molecule has 0 heterocycles. The number of phenols is 1. The zero-order chi connectivity index (χ0) is 28.1. The lowest BCUT2D eigenvalue weighted by Crippen LogP contribution is -1.88. The van der Waals surface area contributed by atoms with Crippen molar-refractivity contribution in [2.45, 2.75) is 27.7 Å². The molecule has 4 aromatic carbocycles. The molecule has 0 fully saturated rings. The number of para-hydroxylation sites is 2. The maximum absolute atomic E-state index is 10.4. The minimum absolute atomic E-state index is 0.0559. The predicted octanol–water partition coefficient (Wildman–Crippen LogP) is 9.19. The van der Waals surface area contributed by atoms with Gasteiger partial charge in [-0.2, -0.15) is 0 Å². The lowest BCUT2D eigenvalue weighted by atomic mass is 10.3. The number of hydrogen-bond acceptors (Lipinski definition) is 6. The van der Waals surface area contributed by atoms with Crippen LogP contribution in [0.5, 0.6) is 17.2 Å². The summed E-state index contributed by atoms with van der Waals surface area (Å²) >= 11 is 3.17. The van der Waals surface area contributed by atoms with Crippen LogP contribution in [0.4, 0.5) is 11.4 Å². The smallest absolute Gasteiger partial charge is 0.269 e. The van der Waals surface area contributed by atoms with Gasteiger partial charge in [0, 0.05) is 28.7 Å². The Kier molecular flexibility index (Phi) is 17.7. The summed E-state index contributed by atoms with van der Waals surface area (Å²) in [5.74, 6) is 1.61. The molecular weight excluding hydrogens is 540 g/mol. The van der Waals surface area contributed by atoms with Gasteiger partial charge in [-0.3, -0.25) is 20.2 Å². The van der Waals surface area contributed by atoms with E-state index in [4.69, 9.17) is 9.84 Å². The fourth-order valence-corrected chi connectivity index (χ4v) is 2.52. The Hall–Kier alpha value is -4.24. The summed E-state index contributed by atoms with van der Waals surface area (Å²) < 4.78 is 6.34. The van der Waals surface area contributed by atoms with Crippen LogP contribution in [0.1, 0.15) is 27.7 Å². The standard InChI is InChI=1S/C12H9NO3.C6H4BrNO2.C6H6O.2C2H6/c14-13(15)10-6-8-12(9-7-10)16-11-4-2-1-3-5-11;7-5-1-3-6(4-2-5)8(9)10;7-6-4-2-1-3-5-6;2*1-2/h1-9H;1-4H;1-5,7H;2*1-2H3. The molecule has 8 nitrogen and oxygen atoms in total. The molecule has 0 unspecified atom stereocenters. The molecule has 0 aliphatic heterocycles. The maximum Gasteiger partial charge on any atom is 0.269 e. The van der Waals surface area contributed by atoms with E-state index in [0.29, 0.717) is 17.2 Å². The first-order chi connectivity index (χ1) is 17.8. The van der Waals surface area contributed by atoms with E-state index in [-0.39, 0.29) is 11.4 Å². The molecule has 196 valence electrons. The van der Waals surface area contributed by atoms with Crippen molar-refractivity contribution in [1.29, 1.82) is 0 Å². The molecule has 0 amide bonds. The Labute approximate surface area is 225 Å². The topological polar surface area (TPSA) is 116 Å². The van der Waals surface area contributed by atoms with Crippen molar-refractivity contribution in [2.75, 3.05) is 0 Å². The number of rotatable bonds is 4. The number of aromatic hydroxyl groups is 1. The minimum atomic E-state index is -0.438. The third kappa shape index (κ3) is 14.7. The molecule has 0 saturated carbocycles. The van der Waals surface area contributed by atoms with E-state index in [1.165, 1.54) is 24.3 Å². The molecule has 0 bridgehead atoms. The Morgan fingerprint density at radius 2 is 0.946 bits per heavy atom. The van der Waals surface area contributed by atoms with Crippen molar-refractivity contribution < 1.29 is 19.7 Å². The Morgan fingerprint density at radius 1 is 0.595 bits per heavy atom. The predicted molar refractivity (Wildman–Crippen MR) is 151 cm³/mol. The molecule has 0 atom stereocenters. The summed E-state index contributed by atoms with van der Waals surface area (Å²) in [6, 6.07) is 30.1. The molecule has 0 radical (unpaired) electrons. The first-order valence-corrected chi connectivity index (χ1v) is 12.3. The summed E-state index contributed by atoms with van der Waals surface area (Å²) in [4.78, 5) is 19.7. The molecule has 0 aromatic heterocycles. The average Bonchev–Trinajstić information content (AvgIpc) is 2.93. The average molecular weight is 571 g/mol. The van der Waals surface area contributed by atoms with Crippen LogP contribution in [0.3, 0.4) is 0 Å². The lowest BCUT2D eigenvalue weighted by Gasteiger charge is -2.04. The normalized spacial score (nSPS) is 8.68. The van der Waals surface area contributed by atoms with Crippen LogP contribution in [-0.4, -0.2) is 15.0 Å². The van der Waals surface area contributed by atoms with Crippen molar-refractivity contribution in [1.82, 2.24) is 0 Å². The number of nitro groups is 2. The SMILES string of the molecule is CC.CC.O=[N+]([O-])c1ccc(Br)cc1.O=[N+]([O-])c1ccc(Oc2ccccc2)cc1.Oc1ccccc1. The van der Waals surface area contributed by atoms with Gasteiger partial charge in [0.1, 0.15) is 17.2 Å². The fraction of sp³-hybridized carbons (Fsp3) is 0.143. The quantitative estimate of drug-likeness (QED) is 0.193. The third-order valence-electron chi connectivity index (χ3n) is 3.82. The van der Waals surface area contributed by atoms with E-state index in [9.17, 15) is 20.2 Å². The molecular formula is C28H31BrN2O6. The van der Waals surface area contributed by atoms with Gasteiger partial charge in [0.2, 0.25) is 0 Å². The molecule has 4 aromatic rings. The molecule has 0 saturated heterocycles. The maximum atomic E-state index is 10.4. The highest BCUT2D eigenvalue weighted by atomic mass is 79.9.